The molecule has 108 valence electrons. The number of rotatable bonds is 5. The van der Waals surface area contributed by atoms with Gasteiger partial charge in [-0.05, 0) is 48.9 Å². The van der Waals surface area contributed by atoms with Crippen molar-refractivity contribution >= 4 is 11.0 Å². The van der Waals surface area contributed by atoms with Gasteiger partial charge in [-0.3, -0.25) is 0 Å². The highest BCUT2D eigenvalue weighted by Crippen LogP contribution is 2.23. The second-order valence-electron chi connectivity index (χ2n) is 4.97. The number of nitrogens with one attached hydrogen (secondary N) is 1. The minimum atomic E-state index is -0.266. The molecule has 3 nitrogen and oxygen atoms in total. The normalized spacial score (nSPS) is 11.0. The zero-order valence-electron chi connectivity index (χ0n) is 11.9. The van der Waals surface area contributed by atoms with Crippen LogP contribution in [0.3, 0.4) is 0 Å². The van der Waals surface area contributed by atoms with E-state index < -0.39 is 0 Å². The van der Waals surface area contributed by atoms with Gasteiger partial charge in [0.25, 0.3) is 0 Å². The van der Waals surface area contributed by atoms with E-state index in [0.717, 1.165) is 42.1 Å². The molecule has 3 rings (SSSR count). The zero-order valence-corrected chi connectivity index (χ0v) is 11.9. The third-order valence-electron chi connectivity index (χ3n) is 3.34. The van der Waals surface area contributed by atoms with Gasteiger partial charge in [0.15, 0.2) is 0 Å². The molecule has 0 bridgehead atoms. The van der Waals surface area contributed by atoms with E-state index in [-0.39, 0.29) is 5.82 Å². The Morgan fingerprint density at radius 3 is 2.71 bits per heavy atom. The first-order chi connectivity index (χ1) is 10.3. The lowest BCUT2D eigenvalue weighted by Gasteiger charge is -2.05. The molecule has 0 atom stereocenters. The first kappa shape index (κ1) is 13.6. The quantitative estimate of drug-likeness (QED) is 0.698. The van der Waals surface area contributed by atoms with Crippen LogP contribution in [0.4, 0.5) is 4.39 Å². The summed E-state index contributed by atoms with van der Waals surface area (Å²) in [5.74, 6) is 1.32. The largest absolute Gasteiger partial charge is 0.494 e. The van der Waals surface area contributed by atoms with Crippen LogP contribution in [0.2, 0.25) is 0 Å². The lowest BCUT2D eigenvalue weighted by atomic mass is 10.2. The molecule has 2 aromatic carbocycles. The Morgan fingerprint density at radius 2 is 1.95 bits per heavy atom. The summed E-state index contributed by atoms with van der Waals surface area (Å²) in [6.45, 7) is 2.87. The standard InChI is InChI=1S/C17H17FN2O/c1-2-3-10-21-14-7-4-12(5-8-14)17-19-15-9-6-13(18)11-16(15)20-17/h4-9,11H,2-3,10H2,1H3,(H,19,20). The summed E-state index contributed by atoms with van der Waals surface area (Å²) in [4.78, 5) is 7.60. The Hall–Kier alpha value is -2.36. The number of imidazole rings is 1. The summed E-state index contributed by atoms with van der Waals surface area (Å²) in [5, 5.41) is 0. The van der Waals surface area contributed by atoms with E-state index in [4.69, 9.17) is 4.74 Å². The second-order valence-corrected chi connectivity index (χ2v) is 4.97. The van der Waals surface area contributed by atoms with Gasteiger partial charge in [0, 0.05) is 5.56 Å². The van der Waals surface area contributed by atoms with Gasteiger partial charge < -0.3 is 9.72 Å². The number of halogens is 1. The Kier molecular flexibility index (Phi) is 3.86. The molecule has 0 amide bonds. The minimum Gasteiger partial charge on any atom is -0.494 e. The lowest BCUT2D eigenvalue weighted by molar-refractivity contribution is 0.309. The van der Waals surface area contributed by atoms with Crippen LogP contribution in [0.1, 0.15) is 19.8 Å². The molecule has 0 aliphatic rings. The van der Waals surface area contributed by atoms with Crippen molar-refractivity contribution in [3.05, 3.63) is 48.3 Å². The van der Waals surface area contributed by atoms with Crippen LogP contribution in [0.25, 0.3) is 22.4 Å². The van der Waals surface area contributed by atoms with E-state index in [1.807, 2.05) is 24.3 Å². The number of fused-ring (bicyclic) bond motifs is 1. The van der Waals surface area contributed by atoms with Crippen molar-refractivity contribution in [2.75, 3.05) is 6.61 Å². The molecule has 0 saturated carbocycles. The number of nitrogens with zero attached hydrogens (tertiary/aromatic N) is 1. The van der Waals surface area contributed by atoms with E-state index in [0.29, 0.717) is 5.52 Å². The van der Waals surface area contributed by atoms with Gasteiger partial charge in [0.1, 0.15) is 17.4 Å². The number of unbranched alkanes of at least 4 members (excludes halogenated alkanes) is 1. The lowest BCUT2D eigenvalue weighted by Crippen LogP contribution is -1.96. The molecular weight excluding hydrogens is 267 g/mol. The average Bonchev–Trinajstić information content (AvgIpc) is 2.91. The Balaban J connectivity index is 1.81. The van der Waals surface area contributed by atoms with Crippen molar-refractivity contribution in [2.45, 2.75) is 19.8 Å². The van der Waals surface area contributed by atoms with Gasteiger partial charge in [-0.25, -0.2) is 9.37 Å². The summed E-state index contributed by atoms with van der Waals surface area (Å²) in [6, 6.07) is 12.3. The summed E-state index contributed by atoms with van der Waals surface area (Å²) < 4.78 is 18.8. The van der Waals surface area contributed by atoms with Crippen molar-refractivity contribution in [3.63, 3.8) is 0 Å². The van der Waals surface area contributed by atoms with Crippen molar-refractivity contribution < 1.29 is 9.13 Å². The SMILES string of the molecule is CCCCOc1ccc(-c2nc3ccc(F)cc3[nH]2)cc1. The number of aromatic nitrogens is 2. The van der Waals surface area contributed by atoms with Crippen molar-refractivity contribution in [1.29, 1.82) is 0 Å². The number of hydrogen-bond acceptors (Lipinski definition) is 2. The molecule has 1 heterocycles. The third kappa shape index (κ3) is 3.05. The summed E-state index contributed by atoms with van der Waals surface area (Å²) in [6.07, 6.45) is 2.17. The number of H-pyrrole nitrogens is 1. The molecule has 4 heteroatoms. The van der Waals surface area contributed by atoms with Crippen LogP contribution >= 0.6 is 0 Å². The van der Waals surface area contributed by atoms with Crippen molar-refractivity contribution in [2.24, 2.45) is 0 Å². The molecule has 3 aromatic rings. The molecule has 1 aromatic heterocycles. The van der Waals surface area contributed by atoms with Gasteiger partial charge >= 0.3 is 0 Å². The summed E-state index contributed by atoms with van der Waals surface area (Å²) in [5.41, 5.74) is 2.41. The highest BCUT2D eigenvalue weighted by molar-refractivity contribution is 5.79. The maximum atomic E-state index is 13.2. The number of benzene rings is 2. The molecule has 0 spiro atoms. The van der Waals surface area contributed by atoms with Gasteiger partial charge in [-0.15, -0.1) is 0 Å². The molecule has 1 N–H and O–H groups in total. The maximum absolute atomic E-state index is 13.2. The maximum Gasteiger partial charge on any atom is 0.138 e. The van der Waals surface area contributed by atoms with E-state index in [9.17, 15) is 4.39 Å². The molecule has 0 radical (unpaired) electrons. The van der Waals surface area contributed by atoms with E-state index >= 15 is 0 Å². The predicted octanol–water partition coefficient (Wildman–Crippen LogP) is 4.55. The monoisotopic (exact) mass is 284 g/mol. The number of ether oxygens (including phenoxy) is 1. The van der Waals surface area contributed by atoms with Crippen LogP contribution in [-0.4, -0.2) is 16.6 Å². The highest BCUT2D eigenvalue weighted by Gasteiger charge is 2.06. The number of hydrogen-bond donors (Lipinski definition) is 1. The van der Waals surface area contributed by atoms with Crippen LogP contribution in [0.15, 0.2) is 42.5 Å². The Labute approximate surface area is 122 Å². The zero-order chi connectivity index (χ0) is 14.7. The second kappa shape index (κ2) is 5.95. The van der Waals surface area contributed by atoms with E-state index in [2.05, 4.69) is 16.9 Å². The van der Waals surface area contributed by atoms with Gasteiger partial charge in [-0.2, -0.15) is 0 Å². The minimum absolute atomic E-state index is 0.266. The van der Waals surface area contributed by atoms with E-state index in [1.54, 1.807) is 6.07 Å². The molecule has 0 fully saturated rings. The van der Waals surface area contributed by atoms with E-state index in [1.165, 1.54) is 12.1 Å². The highest BCUT2D eigenvalue weighted by atomic mass is 19.1. The predicted molar refractivity (Wildman–Crippen MR) is 81.9 cm³/mol. The van der Waals surface area contributed by atoms with Crippen LogP contribution in [0, 0.1) is 5.82 Å². The van der Waals surface area contributed by atoms with Gasteiger partial charge in [0.2, 0.25) is 0 Å². The van der Waals surface area contributed by atoms with Crippen molar-refractivity contribution in [3.8, 4) is 17.1 Å². The molecule has 0 unspecified atom stereocenters. The molecular formula is C17H17FN2O. The number of aromatic amines is 1. The first-order valence-electron chi connectivity index (χ1n) is 7.15. The van der Waals surface area contributed by atoms with Crippen molar-refractivity contribution in [1.82, 2.24) is 9.97 Å². The van der Waals surface area contributed by atoms with Gasteiger partial charge in [0.05, 0.1) is 17.6 Å². The first-order valence-corrected chi connectivity index (χ1v) is 7.15. The Bertz CT molecular complexity index is 734. The molecule has 0 aliphatic carbocycles. The fourth-order valence-electron chi connectivity index (χ4n) is 2.16. The fraction of sp³-hybridized carbons (Fsp3) is 0.235. The average molecular weight is 284 g/mol. The molecule has 0 aliphatic heterocycles. The van der Waals surface area contributed by atoms with Crippen LogP contribution < -0.4 is 4.74 Å². The molecule has 21 heavy (non-hydrogen) atoms. The Morgan fingerprint density at radius 1 is 1.14 bits per heavy atom. The summed E-state index contributed by atoms with van der Waals surface area (Å²) >= 11 is 0. The van der Waals surface area contributed by atoms with Crippen LogP contribution in [-0.2, 0) is 0 Å². The van der Waals surface area contributed by atoms with Gasteiger partial charge in [-0.1, -0.05) is 13.3 Å². The summed E-state index contributed by atoms with van der Waals surface area (Å²) in [7, 11) is 0. The third-order valence-corrected chi connectivity index (χ3v) is 3.34. The fourth-order valence-corrected chi connectivity index (χ4v) is 2.16. The van der Waals surface area contributed by atoms with Crippen LogP contribution in [0.5, 0.6) is 5.75 Å². The smallest absolute Gasteiger partial charge is 0.138 e. The topological polar surface area (TPSA) is 37.9 Å². The molecule has 0 saturated heterocycles.